The molecule has 1 fully saturated rings. The standard InChI is InChI=1S/C16H23NO3/c1-16(15(18)19)9-5-6-10-17(16)11-13-7-3-4-8-14(13)12-20-2/h3-4,7-8H,5-6,9-12H2,1-2H3,(H,18,19). The summed E-state index contributed by atoms with van der Waals surface area (Å²) in [7, 11) is 1.68. The van der Waals surface area contributed by atoms with Crippen LogP contribution >= 0.6 is 0 Å². The van der Waals surface area contributed by atoms with E-state index in [1.54, 1.807) is 7.11 Å². The lowest BCUT2D eigenvalue weighted by molar-refractivity contribution is -0.153. The Morgan fingerprint density at radius 3 is 2.70 bits per heavy atom. The zero-order chi connectivity index (χ0) is 14.6. The van der Waals surface area contributed by atoms with Crippen LogP contribution in [-0.4, -0.2) is 35.2 Å². The number of methoxy groups -OCH3 is 1. The molecular weight excluding hydrogens is 254 g/mol. The average Bonchev–Trinajstić information content (AvgIpc) is 2.43. The van der Waals surface area contributed by atoms with Crippen LogP contribution in [0.1, 0.15) is 37.3 Å². The summed E-state index contributed by atoms with van der Waals surface area (Å²) in [6.45, 7) is 3.91. The van der Waals surface area contributed by atoms with Crippen molar-refractivity contribution in [2.24, 2.45) is 0 Å². The van der Waals surface area contributed by atoms with E-state index >= 15 is 0 Å². The smallest absolute Gasteiger partial charge is 0.323 e. The Kier molecular flexibility index (Phi) is 4.78. The highest BCUT2D eigenvalue weighted by atomic mass is 16.5. The van der Waals surface area contributed by atoms with Gasteiger partial charge in [-0.15, -0.1) is 0 Å². The lowest BCUT2D eigenvalue weighted by atomic mass is 9.87. The van der Waals surface area contributed by atoms with Gasteiger partial charge in [0, 0.05) is 13.7 Å². The van der Waals surface area contributed by atoms with E-state index in [4.69, 9.17) is 4.74 Å². The van der Waals surface area contributed by atoms with Gasteiger partial charge in [-0.05, 0) is 43.9 Å². The Morgan fingerprint density at radius 1 is 1.35 bits per heavy atom. The molecule has 1 N–H and O–H groups in total. The van der Waals surface area contributed by atoms with Crippen LogP contribution in [0.3, 0.4) is 0 Å². The van der Waals surface area contributed by atoms with Crippen molar-refractivity contribution >= 4 is 5.97 Å². The molecule has 0 aliphatic carbocycles. The van der Waals surface area contributed by atoms with Crippen molar-refractivity contribution in [2.45, 2.75) is 44.9 Å². The van der Waals surface area contributed by atoms with Gasteiger partial charge >= 0.3 is 5.97 Å². The maximum atomic E-state index is 11.6. The summed E-state index contributed by atoms with van der Waals surface area (Å²) in [4.78, 5) is 13.7. The minimum atomic E-state index is -0.752. The number of carboxylic acid groups (broad SMARTS) is 1. The van der Waals surface area contributed by atoms with Gasteiger partial charge in [-0.2, -0.15) is 0 Å². The molecule has 0 saturated carbocycles. The summed E-state index contributed by atoms with van der Waals surface area (Å²) in [5.41, 5.74) is 1.54. The fourth-order valence-electron chi connectivity index (χ4n) is 2.89. The molecule has 1 aliphatic rings. The van der Waals surface area contributed by atoms with E-state index in [1.807, 2.05) is 25.1 Å². The number of hydrogen-bond acceptors (Lipinski definition) is 3. The Morgan fingerprint density at radius 2 is 2.05 bits per heavy atom. The molecule has 1 atom stereocenters. The van der Waals surface area contributed by atoms with Gasteiger partial charge in [0.2, 0.25) is 0 Å². The van der Waals surface area contributed by atoms with Gasteiger partial charge in [-0.1, -0.05) is 24.3 Å². The molecule has 1 saturated heterocycles. The predicted molar refractivity (Wildman–Crippen MR) is 77.5 cm³/mol. The third-order valence-corrected chi connectivity index (χ3v) is 4.28. The summed E-state index contributed by atoms with van der Waals surface area (Å²) in [6.07, 6.45) is 2.77. The second kappa shape index (κ2) is 6.37. The van der Waals surface area contributed by atoms with Crippen LogP contribution in [0, 0.1) is 0 Å². The first-order valence-corrected chi connectivity index (χ1v) is 7.12. The summed E-state index contributed by atoms with van der Waals surface area (Å²) < 4.78 is 5.22. The van der Waals surface area contributed by atoms with Gasteiger partial charge < -0.3 is 9.84 Å². The summed E-state index contributed by atoms with van der Waals surface area (Å²) in [5.74, 6) is -0.721. The number of nitrogens with zero attached hydrogens (tertiary/aromatic N) is 1. The van der Waals surface area contributed by atoms with Crippen LogP contribution in [-0.2, 0) is 22.7 Å². The van der Waals surface area contributed by atoms with E-state index in [1.165, 1.54) is 0 Å². The van der Waals surface area contributed by atoms with E-state index < -0.39 is 11.5 Å². The van der Waals surface area contributed by atoms with Crippen molar-refractivity contribution in [3.05, 3.63) is 35.4 Å². The van der Waals surface area contributed by atoms with E-state index in [0.717, 1.165) is 36.9 Å². The molecular formula is C16H23NO3. The molecule has 1 aliphatic heterocycles. The molecule has 0 spiro atoms. The van der Waals surface area contributed by atoms with Crippen molar-refractivity contribution in [2.75, 3.05) is 13.7 Å². The first-order valence-electron chi connectivity index (χ1n) is 7.12. The molecule has 1 aromatic rings. The fourth-order valence-corrected chi connectivity index (χ4v) is 2.89. The minimum absolute atomic E-state index is 0.563. The third kappa shape index (κ3) is 3.02. The van der Waals surface area contributed by atoms with Crippen molar-refractivity contribution < 1.29 is 14.6 Å². The monoisotopic (exact) mass is 277 g/mol. The first kappa shape index (κ1) is 15.0. The van der Waals surface area contributed by atoms with Crippen LogP contribution in [0.2, 0.25) is 0 Å². The fraction of sp³-hybridized carbons (Fsp3) is 0.562. The largest absolute Gasteiger partial charge is 0.480 e. The number of rotatable bonds is 5. The van der Waals surface area contributed by atoms with Crippen LogP contribution in [0.5, 0.6) is 0 Å². The van der Waals surface area contributed by atoms with Crippen LogP contribution in [0.15, 0.2) is 24.3 Å². The van der Waals surface area contributed by atoms with Gasteiger partial charge in [-0.25, -0.2) is 0 Å². The zero-order valence-corrected chi connectivity index (χ0v) is 12.3. The van der Waals surface area contributed by atoms with Gasteiger partial charge in [0.05, 0.1) is 6.61 Å². The topological polar surface area (TPSA) is 49.8 Å². The normalized spacial score (nSPS) is 23.7. The maximum Gasteiger partial charge on any atom is 0.323 e. The maximum absolute atomic E-state index is 11.6. The number of aliphatic carboxylic acids is 1. The van der Waals surface area contributed by atoms with Crippen molar-refractivity contribution in [1.82, 2.24) is 4.90 Å². The molecule has 0 radical (unpaired) electrons. The van der Waals surface area contributed by atoms with E-state index in [9.17, 15) is 9.90 Å². The van der Waals surface area contributed by atoms with Crippen molar-refractivity contribution in [3.8, 4) is 0 Å². The lowest BCUT2D eigenvalue weighted by Gasteiger charge is -2.42. The van der Waals surface area contributed by atoms with E-state index in [0.29, 0.717) is 13.2 Å². The number of benzene rings is 1. The van der Waals surface area contributed by atoms with Crippen LogP contribution in [0.25, 0.3) is 0 Å². The highest BCUT2D eigenvalue weighted by Gasteiger charge is 2.41. The van der Waals surface area contributed by atoms with Crippen LogP contribution in [0.4, 0.5) is 0 Å². The SMILES string of the molecule is COCc1ccccc1CN1CCCCC1(C)C(=O)O. The number of carbonyl (C=O) groups is 1. The number of ether oxygens (including phenoxy) is 1. The second-order valence-corrected chi connectivity index (χ2v) is 5.66. The van der Waals surface area contributed by atoms with E-state index in [2.05, 4.69) is 11.0 Å². The van der Waals surface area contributed by atoms with Gasteiger partial charge in [0.15, 0.2) is 0 Å². The highest BCUT2D eigenvalue weighted by molar-refractivity contribution is 5.78. The highest BCUT2D eigenvalue weighted by Crippen LogP contribution is 2.30. The molecule has 1 aromatic carbocycles. The molecule has 0 amide bonds. The molecule has 20 heavy (non-hydrogen) atoms. The predicted octanol–water partition coefficient (Wildman–Crippen LogP) is 2.66. The van der Waals surface area contributed by atoms with Gasteiger partial charge in [-0.3, -0.25) is 9.69 Å². The molecule has 2 rings (SSSR count). The summed E-state index contributed by atoms with van der Waals surface area (Å²) >= 11 is 0. The molecule has 4 heteroatoms. The van der Waals surface area contributed by atoms with Gasteiger partial charge in [0.1, 0.15) is 5.54 Å². The third-order valence-electron chi connectivity index (χ3n) is 4.28. The summed E-state index contributed by atoms with van der Waals surface area (Å²) in [5, 5.41) is 9.55. The lowest BCUT2D eigenvalue weighted by Crippen LogP contribution is -2.54. The molecule has 1 unspecified atom stereocenters. The summed E-state index contributed by atoms with van der Waals surface area (Å²) in [6, 6.07) is 8.09. The molecule has 0 aromatic heterocycles. The van der Waals surface area contributed by atoms with Crippen molar-refractivity contribution in [1.29, 1.82) is 0 Å². The average molecular weight is 277 g/mol. The quantitative estimate of drug-likeness (QED) is 0.899. The van der Waals surface area contributed by atoms with Gasteiger partial charge in [0.25, 0.3) is 0 Å². The number of hydrogen-bond donors (Lipinski definition) is 1. The molecule has 1 heterocycles. The Hall–Kier alpha value is -1.39. The molecule has 0 bridgehead atoms. The Labute approximate surface area is 120 Å². The number of carboxylic acids is 1. The van der Waals surface area contributed by atoms with Crippen molar-refractivity contribution in [3.63, 3.8) is 0 Å². The second-order valence-electron chi connectivity index (χ2n) is 5.66. The molecule has 110 valence electrons. The number of likely N-dealkylation sites (tertiary alicyclic amines) is 1. The Bertz CT molecular complexity index is 475. The zero-order valence-electron chi connectivity index (χ0n) is 12.3. The molecule has 4 nitrogen and oxygen atoms in total. The Balaban J connectivity index is 2.21. The number of piperidine rings is 1. The first-order chi connectivity index (χ1) is 9.58. The van der Waals surface area contributed by atoms with Crippen LogP contribution < -0.4 is 0 Å². The van der Waals surface area contributed by atoms with E-state index in [-0.39, 0.29) is 0 Å². The minimum Gasteiger partial charge on any atom is -0.480 e.